The van der Waals surface area contributed by atoms with Crippen molar-refractivity contribution in [1.29, 1.82) is 0 Å². The van der Waals surface area contributed by atoms with Crippen molar-refractivity contribution in [2.24, 2.45) is 0 Å². The van der Waals surface area contributed by atoms with E-state index in [1.807, 2.05) is 12.1 Å². The average Bonchev–Trinajstić information content (AvgIpc) is 2.97. The van der Waals surface area contributed by atoms with Crippen LogP contribution in [0.5, 0.6) is 11.5 Å². The lowest BCUT2D eigenvalue weighted by Gasteiger charge is -2.18. The molecule has 0 fully saturated rings. The molecule has 0 heterocycles. The summed E-state index contributed by atoms with van der Waals surface area (Å²) in [4.78, 5) is 12.0. The van der Waals surface area contributed by atoms with E-state index in [1.165, 1.54) is 48.6 Å². The summed E-state index contributed by atoms with van der Waals surface area (Å²) in [6.07, 6.45) is -1.77. The summed E-state index contributed by atoms with van der Waals surface area (Å²) in [7, 11) is 0. The molecule has 0 saturated carbocycles. The van der Waals surface area contributed by atoms with E-state index in [0.29, 0.717) is 42.0 Å². The van der Waals surface area contributed by atoms with Gasteiger partial charge in [0, 0.05) is 23.9 Å². The van der Waals surface area contributed by atoms with Crippen LogP contribution in [0.1, 0.15) is 61.6 Å². The molecule has 6 nitrogen and oxygen atoms in total. The second kappa shape index (κ2) is 16.5. The first-order valence-electron chi connectivity index (χ1n) is 14.4. The standard InChI is InChI=1S/C33H37F5N2O4/c34-32(35,36)20-4-2-6-21-42-28-17-12-26(13-18-28)33(37,38)44-29-15-8-24(9-16-29)10-19-31(41)43-22-5-1-3-7-25-11-14-27(39)23-30(25)40/h8-19,23H,1-7,20-22,39-40H2/b19-10+. The Bertz CT molecular complexity index is 1340. The van der Waals surface area contributed by atoms with Gasteiger partial charge < -0.3 is 25.7 Å². The molecule has 0 amide bonds. The fraction of sp³-hybridized carbons (Fsp3) is 0.364. The van der Waals surface area contributed by atoms with Crippen molar-refractivity contribution >= 4 is 23.4 Å². The van der Waals surface area contributed by atoms with Crippen LogP contribution in [0.4, 0.5) is 33.3 Å². The van der Waals surface area contributed by atoms with Gasteiger partial charge in [0.05, 0.1) is 18.8 Å². The molecule has 3 rings (SSSR count). The highest BCUT2D eigenvalue weighted by Crippen LogP contribution is 2.33. The number of aryl methyl sites for hydroxylation is 1. The number of unbranched alkanes of at least 4 members (excludes halogenated alkanes) is 4. The summed E-state index contributed by atoms with van der Waals surface area (Å²) in [5.74, 6) is -0.252. The minimum Gasteiger partial charge on any atom is -0.494 e. The van der Waals surface area contributed by atoms with E-state index in [1.54, 1.807) is 6.07 Å². The molecule has 3 aromatic rings. The Balaban J connectivity index is 1.35. The first kappa shape index (κ1) is 34.2. The number of hydrogen-bond donors (Lipinski definition) is 2. The number of alkyl halides is 5. The molecule has 44 heavy (non-hydrogen) atoms. The smallest absolute Gasteiger partial charge is 0.426 e. The van der Waals surface area contributed by atoms with E-state index in [9.17, 15) is 26.7 Å². The third kappa shape index (κ3) is 12.5. The summed E-state index contributed by atoms with van der Waals surface area (Å²) in [5.41, 5.74) is 14.2. The Hall–Kier alpha value is -4.28. The summed E-state index contributed by atoms with van der Waals surface area (Å²) in [6, 6.07) is 16.3. The van der Waals surface area contributed by atoms with Gasteiger partial charge in [-0.25, -0.2) is 4.79 Å². The Morgan fingerprint density at radius 2 is 1.41 bits per heavy atom. The number of halogens is 5. The van der Waals surface area contributed by atoms with Crippen LogP contribution in [-0.4, -0.2) is 25.4 Å². The molecule has 11 heteroatoms. The second-order valence-corrected chi connectivity index (χ2v) is 10.3. The van der Waals surface area contributed by atoms with E-state index < -0.39 is 30.2 Å². The molecule has 0 radical (unpaired) electrons. The van der Waals surface area contributed by atoms with Gasteiger partial charge in [0.1, 0.15) is 11.5 Å². The van der Waals surface area contributed by atoms with Crippen LogP contribution in [0.3, 0.4) is 0 Å². The van der Waals surface area contributed by atoms with Gasteiger partial charge >= 0.3 is 18.3 Å². The van der Waals surface area contributed by atoms with Crippen molar-refractivity contribution in [2.45, 2.75) is 63.7 Å². The van der Waals surface area contributed by atoms with Gasteiger partial charge in [-0.3, -0.25) is 0 Å². The summed E-state index contributed by atoms with van der Waals surface area (Å²) >= 11 is 0. The topological polar surface area (TPSA) is 96.8 Å². The second-order valence-electron chi connectivity index (χ2n) is 10.3. The number of nitrogens with two attached hydrogens (primary N) is 2. The highest BCUT2D eigenvalue weighted by Gasteiger charge is 2.34. The number of anilines is 2. The molecule has 4 N–H and O–H groups in total. The zero-order chi connectivity index (χ0) is 32.0. The number of ether oxygens (including phenoxy) is 3. The quantitative estimate of drug-likeness (QED) is 0.0517. The minimum absolute atomic E-state index is 0.0177. The Morgan fingerprint density at radius 3 is 2.09 bits per heavy atom. The van der Waals surface area contributed by atoms with E-state index in [4.69, 9.17) is 25.7 Å². The molecule has 3 aromatic carbocycles. The molecule has 0 aromatic heterocycles. The number of rotatable bonds is 17. The van der Waals surface area contributed by atoms with Crippen molar-refractivity contribution in [3.63, 3.8) is 0 Å². The van der Waals surface area contributed by atoms with Gasteiger partial charge in [-0.05, 0) is 111 Å². The molecule has 0 atom stereocenters. The zero-order valence-electron chi connectivity index (χ0n) is 24.3. The Morgan fingerprint density at radius 1 is 0.750 bits per heavy atom. The van der Waals surface area contributed by atoms with Crippen LogP contribution in [-0.2, 0) is 22.1 Å². The average molecular weight is 621 g/mol. The zero-order valence-corrected chi connectivity index (χ0v) is 24.3. The fourth-order valence-corrected chi connectivity index (χ4v) is 4.21. The predicted molar refractivity (Wildman–Crippen MR) is 160 cm³/mol. The number of esters is 1. The monoisotopic (exact) mass is 620 g/mol. The molecular formula is C33H37F5N2O4. The number of hydrogen-bond acceptors (Lipinski definition) is 6. The number of carbonyl (C=O) groups is 1. The lowest BCUT2D eigenvalue weighted by molar-refractivity contribution is -0.185. The fourth-order valence-electron chi connectivity index (χ4n) is 4.21. The maximum atomic E-state index is 14.7. The van der Waals surface area contributed by atoms with Gasteiger partial charge in [-0.2, -0.15) is 22.0 Å². The van der Waals surface area contributed by atoms with Gasteiger partial charge in [0.2, 0.25) is 0 Å². The van der Waals surface area contributed by atoms with Gasteiger partial charge in [-0.1, -0.05) is 18.2 Å². The van der Waals surface area contributed by atoms with Crippen molar-refractivity contribution < 1.29 is 41.0 Å². The van der Waals surface area contributed by atoms with Crippen LogP contribution >= 0.6 is 0 Å². The van der Waals surface area contributed by atoms with Gasteiger partial charge in [-0.15, -0.1) is 0 Å². The molecule has 0 unspecified atom stereocenters. The minimum atomic E-state index is -4.17. The van der Waals surface area contributed by atoms with E-state index in [-0.39, 0.29) is 25.4 Å². The Labute approximate surface area is 253 Å². The van der Waals surface area contributed by atoms with E-state index in [2.05, 4.69) is 0 Å². The molecule has 0 aliphatic carbocycles. The lowest BCUT2D eigenvalue weighted by atomic mass is 10.0. The Kier molecular flexibility index (Phi) is 12.9. The van der Waals surface area contributed by atoms with Crippen LogP contribution in [0.25, 0.3) is 6.08 Å². The molecule has 238 valence electrons. The highest BCUT2D eigenvalue weighted by atomic mass is 19.4. The first-order chi connectivity index (χ1) is 20.9. The third-order valence-corrected chi connectivity index (χ3v) is 6.61. The summed E-state index contributed by atoms with van der Waals surface area (Å²) in [5, 5.41) is 0. The van der Waals surface area contributed by atoms with Crippen LogP contribution in [0, 0.1) is 0 Å². The van der Waals surface area contributed by atoms with Crippen LogP contribution in [0.2, 0.25) is 0 Å². The third-order valence-electron chi connectivity index (χ3n) is 6.61. The maximum Gasteiger partial charge on any atom is 0.426 e. The molecule has 0 aliphatic rings. The molecule has 0 bridgehead atoms. The highest BCUT2D eigenvalue weighted by molar-refractivity contribution is 5.87. The lowest BCUT2D eigenvalue weighted by Crippen LogP contribution is -2.21. The predicted octanol–water partition coefficient (Wildman–Crippen LogP) is 8.45. The number of carbonyl (C=O) groups excluding carboxylic acids is 1. The summed E-state index contributed by atoms with van der Waals surface area (Å²) < 4.78 is 81.4. The normalized spacial score (nSPS) is 11.9. The first-order valence-corrected chi connectivity index (χ1v) is 14.4. The van der Waals surface area contributed by atoms with Crippen molar-refractivity contribution in [1.82, 2.24) is 0 Å². The largest absolute Gasteiger partial charge is 0.494 e. The van der Waals surface area contributed by atoms with E-state index in [0.717, 1.165) is 37.0 Å². The van der Waals surface area contributed by atoms with Crippen molar-refractivity contribution in [3.05, 3.63) is 89.5 Å². The molecule has 0 spiro atoms. The number of benzene rings is 3. The number of nitrogen functional groups attached to an aromatic ring is 2. The van der Waals surface area contributed by atoms with Gasteiger partial charge in [0.25, 0.3) is 0 Å². The van der Waals surface area contributed by atoms with Crippen LogP contribution < -0.4 is 20.9 Å². The van der Waals surface area contributed by atoms with Crippen molar-refractivity contribution in [3.8, 4) is 11.5 Å². The van der Waals surface area contributed by atoms with Crippen LogP contribution in [0.15, 0.2) is 72.8 Å². The molecule has 0 aliphatic heterocycles. The van der Waals surface area contributed by atoms with Crippen molar-refractivity contribution in [2.75, 3.05) is 24.7 Å². The van der Waals surface area contributed by atoms with E-state index >= 15 is 0 Å². The van der Waals surface area contributed by atoms with Gasteiger partial charge in [0.15, 0.2) is 0 Å². The molecular weight excluding hydrogens is 583 g/mol. The summed E-state index contributed by atoms with van der Waals surface area (Å²) in [6.45, 7) is 0.464. The molecule has 0 saturated heterocycles. The SMILES string of the molecule is Nc1ccc(CCCCCOC(=O)/C=C/c2ccc(OC(F)(F)c3ccc(OCCCCCC(F)(F)F)cc3)cc2)c(N)c1. The maximum absolute atomic E-state index is 14.7.